The Labute approximate surface area is 163 Å². The van der Waals surface area contributed by atoms with Gasteiger partial charge in [-0.25, -0.2) is 4.98 Å². The molecule has 2 saturated heterocycles. The minimum absolute atomic E-state index is 0.0692. The summed E-state index contributed by atoms with van der Waals surface area (Å²) in [5.41, 5.74) is 1.16. The molecule has 1 aromatic heterocycles. The number of anilines is 2. The monoisotopic (exact) mass is 373 g/mol. The molecule has 2 aliphatic heterocycles. The highest BCUT2D eigenvalue weighted by Crippen LogP contribution is 2.25. The van der Waals surface area contributed by atoms with Crippen LogP contribution in [0.1, 0.15) is 64.0 Å². The van der Waals surface area contributed by atoms with Gasteiger partial charge < -0.3 is 20.2 Å². The maximum atomic E-state index is 9.69. The number of nitrogens with zero attached hydrogens (tertiary/aromatic N) is 4. The highest BCUT2D eigenvalue weighted by molar-refractivity contribution is 5.47. The maximum Gasteiger partial charge on any atom is 0.227 e. The van der Waals surface area contributed by atoms with E-state index in [2.05, 4.69) is 28.1 Å². The Kier molecular flexibility index (Phi) is 6.13. The molecule has 0 radical (unpaired) electrons. The van der Waals surface area contributed by atoms with Crippen LogP contribution >= 0.6 is 0 Å². The molecule has 2 N–H and O–H groups in total. The largest absolute Gasteiger partial charge is 0.393 e. The van der Waals surface area contributed by atoms with Crippen molar-refractivity contribution < 1.29 is 5.11 Å². The molecule has 150 valence electrons. The van der Waals surface area contributed by atoms with Gasteiger partial charge in [-0.1, -0.05) is 6.92 Å². The fourth-order valence-corrected chi connectivity index (χ4v) is 4.72. The summed E-state index contributed by atoms with van der Waals surface area (Å²) in [5.74, 6) is 2.05. The highest BCUT2D eigenvalue weighted by Gasteiger charge is 2.26. The van der Waals surface area contributed by atoms with E-state index in [1.54, 1.807) is 0 Å². The lowest BCUT2D eigenvalue weighted by Crippen LogP contribution is -2.47. The first kappa shape index (κ1) is 18.9. The second-order valence-corrected chi connectivity index (χ2v) is 8.50. The van der Waals surface area contributed by atoms with Gasteiger partial charge in [0, 0.05) is 50.0 Å². The number of hydrogen-bond acceptors (Lipinski definition) is 6. The third-order valence-corrected chi connectivity index (χ3v) is 6.49. The van der Waals surface area contributed by atoms with Crippen molar-refractivity contribution in [3.8, 4) is 0 Å². The Bertz CT molecular complexity index is 603. The number of piperidine rings is 1. The zero-order chi connectivity index (χ0) is 18.6. The lowest BCUT2D eigenvalue weighted by Gasteiger charge is -2.37. The van der Waals surface area contributed by atoms with Gasteiger partial charge in [-0.3, -0.25) is 0 Å². The molecule has 1 saturated carbocycles. The lowest BCUT2D eigenvalue weighted by atomic mass is 9.91. The fourth-order valence-electron chi connectivity index (χ4n) is 4.72. The molecule has 6 nitrogen and oxygen atoms in total. The number of aryl methyl sites for hydroxylation is 1. The highest BCUT2D eigenvalue weighted by atomic mass is 16.3. The van der Waals surface area contributed by atoms with Gasteiger partial charge in [0.05, 0.1) is 6.10 Å². The summed E-state index contributed by atoms with van der Waals surface area (Å²) in [5, 5.41) is 13.5. The van der Waals surface area contributed by atoms with Crippen LogP contribution in [0.2, 0.25) is 0 Å². The van der Waals surface area contributed by atoms with Crippen molar-refractivity contribution in [1.29, 1.82) is 0 Å². The molecule has 3 aliphatic rings. The second-order valence-electron chi connectivity index (χ2n) is 8.50. The number of rotatable bonds is 5. The standard InChI is InChI=1S/C21H35N5O/c1-2-16-15-20(24-21(23-16)26-11-3-4-12-26)25-13-9-18(10-14-25)22-17-5-7-19(27)8-6-17/h15,17-19,22,27H,2-14H2,1H3. The van der Waals surface area contributed by atoms with Gasteiger partial charge >= 0.3 is 0 Å². The van der Waals surface area contributed by atoms with Crippen LogP contribution in [0.5, 0.6) is 0 Å². The van der Waals surface area contributed by atoms with Crippen LogP contribution in [0.3, 0.4) is 0 Å². The Hall–Kier alpha value is -1.40. The van der Waals surface area contributed by atoms with E-state index >= 15 is 0 Å². The van der Waals surface area contributed by atoms with E-state index in [4.69, 9.17) is 9.97 Å². The molecule has 0 atom stereocenters. The summed E-state index contributed by atoms with van der Waals surface area (Å²) in [4.78, 5) is 14.5. The molecular formula is C21H35N5O. The zero-order valence-corrected chi connectivity index (χ0v) is 16.7. The Balaban J connectivity index is 1.35. The third kappa shape index (κ3) is 4.72. The van der Waals surface area contributed by atoms with Crippen LogP contribution in [0.15, 0.2) is 6.07 Å². The average Bonchev–Trinajstić information content (AvgIpc) is 3.25. The predicted molar refractivity (Wildman–Crippen MR) is 109 cm³/mol. The minimum Gasteiger partial charge on any atom is -0.393 e. The molecule has 3 heterocycles. The normalized spacial score (nSPS) is 27.3. The summed E-state index contributed by atoms with van der Waals surface area (Å²) >= 11 is 0. The van der Waals surface area contributed by atoms with Crippen LogP contribution in [-0.4, -0.2) is 59.4 Å². The Morgan fingerprint density at radius 1 is 0.926 bits per heavy atom. The quantitative estimate of drug-likeness (QED) is 0.827. The van der Waals surface area contributed by atoms with Gasteiger partial charge in [0.15, 0.2) is 0 Å². The molecule has 0 bridgehead atoms. The molecule has 0 spiro atoms. The van der Waals surface area contributed by atoms with E-state index in [0.29, 0.717) is 12.1 Å². The molecule has 27 heavy (non-hydrogen) atoms. The number of aliphatic hydroxyl groups is 1. The van der Waals surface area contributed by atoms with Crippen molar-refractivity contribution in [1.82, 2.24) is 15.3 Å². The van der Waals surface area contributed by atoms with Crippen molar-refractivity contribution in [2.45, 2.75) is 82.9 Å². The summed E-state index contributed by atoms with van der Waals surface area (Å²) in [7, 11) is 0. The SMILES string of the molecule is CCc1cc(N2CCC(NC3CCC(O)CC3)CC2)nc(N2CCCC2)n1. The molecule has 1 aliphatic carbocycles. The van der Waals surface area contributed by atoms with Crippen molar-refractivity contribution in [2.24, 2.45) is 0 Å². The first-order valence-electron chi connectivity index (χ1n) is 11.0. The zero-order valence-electron chi connectivity index (χ0n) is 16.7. The molecule has 1 aromatic rings. The number of aromatic nitrogens is 2. The lowest BCUT2D eigenvalue weighted by molar-refractivity contribution is 0.113. The molecule has 0 aromatic carbocycles. The average molecular weight is 374 g/mol. The van der Waals surface area contributed by atoms with Gasteiger partial charge in [-0.2, -0.15) is 4.98 Å². The molecular weight excluding hydrogens is 338 g/mol. The topological polar surface area (TPSA) is 64.5 Å². The van der Waals surface area contributed by atoms with Gasteiger partial charge in [0.1, 0.15) is 5.82 Å². The van der Waals surface area contributed by atoms with Crippen molar-refractivity contribution in [3.05, 3.63) is 11.8 Å². The van der Waals surface area contributed by atoms with E-state index < -0.39 is 0 Å². The maximum absolute atomic E-state index is 9.69. The van der Waals surface area contributed by atoms with E-state index in [1.807, 2.05) is 0 Å². The summed E-state index contributed by atoms with van der Waals surface area (Å²) < 4.78 is 0. The van der Waals surface area contributed by atoms with E-state index in [9.17, 15) is 5.11 Å². The van der Waals surface area contributed by atoms with Crippen molar-refractivity contribution >= 4 is 11.8 Å². The van der Waals surface area contributed by atoms with Crippen LogP contribution in [0.4, 0.5) is 11.8 Å². The van der Waals surface area contributed by atoms with E-state index in [1.165, 1.54) is 25.7 Å². The van der Waals surface area contributed by atoms with E-state index in [0.717, 1.165) is 75.7 Å². The minimum atomic E-state index is -0.0692. The fraction of sp³-hybridized carbons (Fsp3) is 0.810. The van der Waals surface area contributed by atoms with Crippen molar-refractivity contribution in [2.75, 3.05) is 36.0 Å². The number of nitrogens with one attached hydrogen (secondary N) is 1. The summed E-state index contributed by atoms with van der Waals surface area (Å²) in [6.07, 6.45) is 9.88. The molecule has 3 fully saturated rings. The Morgan fingerprint density at radius 3 is 2.26 bits per heavy atom. The summed E-state index contributed by atoms with van der Waals surface area (Å²) in [6, 6.07) is 3.39. The first-order valence-corrected chi connectivity index (χ1v) is 11.0. The molecule has 0 unspecified atom stereocenters. The van der Waals surface area contributed by atoms with Gasteiger partial charge in [-0.15, -0.1) is 0 Å². The van der Waals surface area contributed by atoms with Crippen LogP contribution < -0.4 is 15.1 Å². The molecule has 4 rings (SSSR count). The van der Waals surface area contributed by atoms with Gasteiger partial charge in [0.2, 0.25) is 5.95 Å². The van der Waals surface area contributed by atoms with Gasteiger partial charge in [0.25, 0.3) is 0 Å². The van der Waals surface area contributed by atoms with Crippen LogP contribution in [0, 0.1) is 0 Å². The second kappa shape index (κ2) is 8.74. The smallest absolute Gasteiger partial charge is 0.227 e. The first-order chi connectivity index (χ1) is 13.2. The van der Waals surface area contributed by atoms with E-state index in [-0.39, 0.29) is 6.10 Å². The van der Waals surface area contributed by atoms with Crippen LogP contribution in [-0.2, 0) is 6.42 Å². The number of aliphatic hydroxyl groups excluding tert-OH is 1. The molecule has 0 amide bonds. The molecule has 6 heteroatoms. The summed E-state index contributed by atoms with van der Waals surface area (Å²) in [6.45, 7) is 6.49. The third-order valence-electron chi connectivity index (χ3n) is 6.49. The van der Waals surface area contributed by atoms with Gasteiger partial charge in [-0.05, 0) is 57.8 Å². The van der Waals surface area contributed by atoms with Crippen molar-refractivity contribution in [3.63, 3.8) is 0 Å². The Morgan fingerprint density at radius 2 is 1.59 bits per heavy atom. The predicted octanol–water partition coefficient (Wildman–Crippen LogP) is 2.50. The number of hydrogen-bond donors (Lipinski definition) is 2. The van der Waals surface area contributed by atoms with Crippen LogP contribution in [0.25, 0.3) is 0 Å².